The summed E-state index contributed by atoms with van der Waals surface area (Å²) in [5.41, 5.74) is 2.52. The summed E-state index contributed by atoms with van der Waals surface area (Å²) < 4.78 is 11.4. The van der Waals surface area contributed by atoms with E-state index in [0.29, 0.717) is 6.04 Å². The Morgan fingerprint density at radius 2 is 2.05 bits per heavy atom. The highest BCUT2D eigenvalue weighted by atomic mass is 16.5. The number of morpholine rings is 1. The molecular formula is C17H28N2O2. The lowest BCUT2D eigenvalue weighted by Crippen LogP contribution is -2.38. The Balaban J connectivity index is 1.85. The Bertz CT molecular complexity index is 429. The molecule has 0 amide bonds. The molecule has 0 radical (unpaired) electrons. The first kappa shape index (κ1) is 16.3. The first-order valence-electron chi connectivity index (χ1n) is 7.91. The van der Waals surface area contributed by atoms with Gasteiger partial charge in [-0.15, -0.1) is 0 Å². The molecule has 1 heterocycles. The Kier molecular flexibility index (Phi) is 6.49. The molecule has 1 saturated heterocycles. The minimum absolute atomic E-state index is 0.478. The van der Waals surface area contributed by atoms with Crippen molar-refractivity contribution in [2.75, 3.05) is 39.5 Å². The minimum atomic E-state index is 0.478. The molecule has 0 bridgehead atoms. The Labute approximate surface area is 128 Å². The Hall–Kier alpha value is -1.10. The first-order chi connectivity index (χ1) is 10.1. The molecule has 4 nitrogen and oxygen atoms in total. The van der Waals surface area contributed by atoms with Gasteiger partial charge < -0.3 is 14.8 Å². The van der Waals surface area contributed by atoms with Crippen molar-refractivity contribution in [2.45, 2.75) is 33.4 Å². The molecule has 1 N–H and O–H groups in total. The molecular weight excluding hydrogens is 264 g/mol. The van der Waals surface area contributed by atoms with Gasteiger partial charge in [0, 0.05) is 37.8 Å². The second kappa shape index (κ2) is 8.37. The summed E-state index contributed by atoms with van der Waals surface area (Å²) in [5.74, 6) is 1.00. The molecule has 1 aliphatic heterocycles. The smallest absolute Gasteiger partial charge is 0.123 e. The zero-order valence-corrected chi connectivity index (χ0v) is 13.5. The zero-order valence-electron chi connectivity index (χ0n) is 13.5. The average molecular weight is 292 g/mol. The van der Waals surface area contributed by atoms with Crippen molar-refractivity contribution in [3.8, 4) is 5.75 Å². The van der Waals surface area contributed by atoms with Crippen LogP contribution in [0.25, 0.3) is 0 Å². The molecule has 4 heteroatoms. The van der Waals surface area contributed by atoms with Crippen LogP contribution in [-0.4, -0.2) is 50.4 Å². The van der Waals surface area contributed by atoms with E-state index in [2.05, 4.69) is 49.2 Å². The summed E-state index contributed by atoms with van der Waals surface area (Å²) in [6.07, 6.45) is 0. The normalized spacial score (nSPS) is 16.4. The third-order valence-electron chi connectivity index (χ3n) is 3.69. The van der Waals surface area contributed by atoms with Crippen LogP contribution in [0.3, 0.4) is 0 Å². The number of hydrogen-bond donors (Lipinski definition) is 1. The van der Waals surface area contributed by atoms with E-state index in [-0.39, 0.29) is 0 Å². The molecule has 0 unspecified atom stereocenters. The molecule has 1 aliphatic rings. The zero-order chi connectivity index (χ0) is 15.1. The van der Waals surface area contributed by atoms with Gasteiger partial charge in [-0.1, -0.05) is 31.5 Å². The summed E-state index contributed by atoms with van der Waals surface area (Å²) in [5, 5.41) is 3.46. The highest BCUT2D eigenvalue weighted by molar-refractivity contribution is 5.36. The van der Waals surface area contributed by atoms with E-state index < -0.39 is 0 Å². The van der Waals surface area contributed by atoms with Gasteiger partial charge in [0.1, 0.15) is 12.4 Å². The fourth-order valence-electron chi connectivity index (χ4n) is 2.41. The van der Waals surface area contributed by atoms with Gasteiger partial charge in [0.2, 0.25) is 0 Å². The van der Waals surface area contributed by atoms with Gasteiger partial charge in [-0.05, 0) is 13.0 Å². The van der Waals surface area contributed by atoms with Crippen molar-refractivity contribution in [1.82, 2.24) is 10.2 Å². The second-order valence-corrected chi connectivity index (χ2v) is 5.95. The molecule has 0 atom stereocenters. The van der Waals surface area contributed by atoms with E-state index in [0.717, 1.165) is 51.7 Å². The second-order valence-electron chi connectivity index (χ2n) is 5.95. The van der Waals surface area contributed by atoms with Crippen LogP contribution < -0.4 is 10.1 Å². The van der Waals surface area contributed by atoms with E-state index in [1.807, 2.05) is 0 Å². The van der Waals surface area contributed by atoms with Gasteiger partial charge in [0.15, 0.2) is 0 Å². The van der Waals surface area contributed by atoms with Gasteiger partial charge in [0.05, 0.1) is 13.2 Å². The summed E-state index contributed by atoms with van der Waals surface area (Å²) in [6.45, 7) is 12.7. The van der Waals surface area contributed by atoms with Crippen molar-refractivity contribution in [1.29, 1.82) is 0 Å². The topological polar surface area (TPSA) is 33.7 Å². The Morgan fingerprint density at radius 1 is 1.29 bits per heavy atom. The Morgan fingerprint density at radius 3 is 2.76 bits per heavy atom. The number of nitrogens with zero attached hydrogens (tertiary/aromatic N) is 1. The molecule has 1 fully saturated rings. The maximum Gasteiger partial charge on any atom is 0.123 e. The van der Waals surface area contributed by atoms with E-state index in [4.69, 9.17) is 9.47 Å². The van der Waals surface area contributed by atoms with E-state index in [1.54, 1.807) is 0 Å². The first-order valence-corrected chi connectivity index (χ1v) is 7.91. The van der Waals surface area contributed by atoms with Gasteiger partial charge in [-0.3, -0.25) is 4.90 Å². The highest BCUT2D eigenvalue weighted by Gasteiger charge is 2.11. The van der Waals surface area contributed by atoms with Gasteiger partial charge in [0.25, 0.3) is 0 Å². The summed E-state index contributed by atoms with van der Waals surface area (Å²) in [6, 6.07) is 6.89. The van der Waals surface area contributed by atoms with Crippen LogP contribution in [0.1, 0.15) is 25.0 Å². The minimum Gasteiger partial charge on any atom is -0.492 e. The monoisotopic (exact) mass is 292 g/mol. The highest BCUT2D eigenvalue weighted by Crippen LogP contribution is 2.20. The maximum atomic E-state index is 6.00. The van der Waals surface area contributed by atoms with Crippen LogP contribution in [-0.2, 0) is 11.3 Å². The lowest BCUT2D eigenvalue weighted by Gasteiger charge is -2.26. The predicted molar refractivity (Wildman–Crippen MR) is 85.9 cm³/mol. The van der Waals surface area contributed by atoms with Crippen LogP contribution in [0.5, 0.6) is 5.75 Å². The molecule has 1 aromatic rings. The summed E-state index contributed by atoms with van der Waals surface area (Å²) in [4.78, 5) is 2.39. The standard InChI is InChI=1S/C17H28N2O2/c1-14(2)18-13-16-12-15(3)4-5-17(16)21-11-8-19-6-9-20-10-7-19/h4-5,12,14,18H,6-11,13H2,1-3H3. The third kappa shape index (κ3) is 5.65. The van der Waals surface area contributed by atoms with E-state index in [1.165, 1.54) is 11.1 Å². The molecule has 1 aromatic carbocycles. The lowest BCUT2D eigenvalue weighted by atomic mass is 10.1. The molecule has 21 heavy (non-hydrogen) atoms. The third-order valence-corrected chi connectivity index (χ3v) is 3.69. The van der Waals surface area contributed by atoms with Crippen LogP contribution >= 0.6 is 0 Å². The van der Waals surface area contributed by atoms with Gasteiger partial charge in [-0.2, -0.15) is 0 Å². The van der Waals surface area contributed by atoms with Crippen molar-refractivity contribution < 1.29 is 9.47 Å². The number of aryl methyl sites for hydroxylation is 1. The summed E-state index contributed by atoms with van der Waals surface area (Å²) >= 11 is 0. The number of benzene rings is 1. The summed E-state index contributed by atoms with van der Waals surface area (Å²) in [7, 11) is 0. The molecule has 118 valence electrons. The largest absolute Gasteiger partial charge is 0.492 e. The van der Waals surface area contributed by atoms with Crippen molar-refractivity contribution in [3.63, 3.8) is 0 Å². The van der Waals surface area contributed by atoms with Crippen molar-refractivity contribution in [2.24, 2.45) is 0 Å². The van der Waals surface area contributed by atoms with Crippen LogP contribution in [0.2, 0.25) is 0 Å². The average Bonchev–Trinajstić information content (AvgIpc) is 2.48. The van der Waals surface area contributed by atoms with Crippen molar-refractivity contribution in [3.05, 3.63) is 29.3 Å². The molecule has 0 saturated carbocycles. The molecule has 0 aliphatic carbocycles. The fraction of sp³-hybridized carbons (Fsp3) is 0.647. The fourth-order valence-corrected chi connectivity index (χ4v) is 2.41. The van der Waals surface area contributed by atoms with Crippen molar-refractivity contribution >= 4 is 0 Å². The lowest BCUT2D eigenvalue weighted by molar-refractivity contribution is 0.0322. The maximum absolute atomic E-state index is 6.00. The van der Waals surface area contributed by atoms with Gasteiger partial charge >= 0.3 is 0 Å². The van der Waals surface area contributed by atoms with E-state index in [9.17, 15) is 0 Å². The molecule has 0 spiro atoms. The predicted octanol–water partition coefficient (Wildman–Crippen LogP) is 2.20. The van der Waals surface area contributed by atoms with Crippen LogP contribution in [0.15, 0.2) is 18.2 Å². The van der Waals surface area contributed by atoms with Crippen LogP contribution in [0.4, 0.5) is 0 Å². The SMILES string of the molecule is Cc1ccc(OCCN2CCOCC2)c(CNC(C)C)c1. The number of hydrogen-bond acceptors (Lipinski definition) is 4. The van der Waals surface area contributed by atoms with Gasteiger partial charge in [-0.25, -0.2) is 0 Å². The molecule has 0 aromatic heterocycles. The quantitative estimate of drug-likeness (QED) is 0.835. The number of nitrogens with one attached hydrogen (secondary N) is 1. The number of rotatable bonds is 7. The molecule has 2 rings (SSSR count). The van der Waals surface area contributed by atoms with E-state index >= 15 is 0 Å². The van der Waals surface area contributed by atoms with Crippen LogP contribution in [0, 0.1) is 6.92 Å². The number of ether oxygens (including phenoxy) is 2.